The minimum absolute atomic E-state index is 0.000975. The van der Waals surface area contributed by atoms with Crippen molar-refractivity contribution < 1.29 is 4.79 Å². The molecule has 4 heteroatoms. The number of hydrogen-bond donors (Lipinski definition) is 2. The topological polar surface area (TPSA) is 60.1 Å². The van der Waals surface area contributed by atoms with Crippen LogP contribution in [0.2, 0.25) is 0 Å². The Labute approximate surface area is 109 Å². The summed E-state index contributed by atoms with van der Waals surface area (Å²) in [5.74, 6) is 0.000975. The zero-order valence-electron chi connectivity index (χ0n) is 11.3. The molecule has 0 saturated heterocycles. The van der Waals surface area contributed by atoms with E-state index in [1.54, 1.807) is 0 Å². The molecule has 1 aliphatic rings. The fraction of sp³-hybridized carbons (Fsp3) is 0.643. The number of aromatic nitrogens is 1. The predicted octanol–water partition coefficient (Wildman–Crippen LogP) is 1.61. The number of carbonyl (C=O) groups excluding carboxylic acids is 1. The highest BCUT2D eigenvalue weighted by Gasteiger charge is 2.34. The van der Waals surface area contributed by atoms with Crippen molar-refractivity contribution in [2.45, 2.75) is 51.1 Å². The lowest BCUT2D eigenvalue weighted by atomic mass is 9.82. The lowest BCUT2D eigenvalue weighted by Crippen LogP contribution is -2.54. The lowest BCUT2D eigenvalue weighted by Gasteiger charge is -2.31. The minimum Gasteiger partial charge on any atom is -0.350 e. The average Bonchev–Trinajstić information content (AvgIpc) is 2.68. The largest absolute Gasteiger partial charge is 0.350 e. The lowest BCUT2D eigenvalue weighted by molar-refractivity contribution is -0.127. The quantitative estimate of drug-likeness (QED) is 0.855. The van der Waals surface area contributed by atoms with Crippen LogP contribution in [0.4, 0.5) is 0 Å². The molecule has 1 amide bonds. The number of carbonyl (C=O) groups is 1. The van der Waals surface area contributed by atoms with E-state index < -0.39 is 5.54 Å². The highest BCUT2D eigenvalue weighted by atomic mass is 16.2. The summed E-state index contributed by atoms with van der Waals surface area (Å²) in [5.41, 5.74) is 7.86. The van der Waals surface area contributed by atoms with Crippen molar-refractivity contribution in [2.24, 2.45) is 12.8 Å². The van der Waals surface area contributed by atoms with Gasteiger partial charge in [-0.25, -0.2) is 0 Å². The smallest absolute Gasteiger partial charge is 0.240 e. The van der Waals surface area contributed by atoms with Crippen LogP contribution >= 0.6 is 0 Å². The summed E-state index contributed by atoms with van der Waals surface area (Å²) < 4.78 is 2.09. The fourth-order valence-corrected chi connectivity index (χ4v) is 2.60. The predicted molar refractivity (Wildman–Crippen MR) is 72.0 cm³/mol. The maximum absolute atomic E-state index is 12.2. The van der Waals surface area contributed by atoms with Crippen LogP contribution in [-0.2, 0) is 18.4 Å². The van der Waals surface area contributed by atoms with Crippen LogP contribution < -0.4 is 11.1 Å². The Morgan fingerprint density at radius 1 is 1.39 bits per heavy atom. The molecule has 0 aliphatic heterocycles. The zero-order valence-corrected chi connectivity index (χ0v) is 11.3. The minimum atomic E-state index is -0.640. The number of aryl methyl sites for hydroxylation is 1. The van der Waals surface area contributed by atoms with Gasteiger partial charge >= 0.3 is 0 Å². The van der Waals surface area contributed by atoms with Crippen molar-refractivity contribution >= 4 is 5.91 Å². The van der Waals surface area contributed by atoms with Gasteiger partial charge in [-0.05, 0) is 31.9 Å². The second kappa shape index (κ2) is 5.14. The first-order valence-electron chi connectivity index (χ1n) is 6.71. The Balaban J connectivity index is 1.93. The number of rotatable bonds is 3. The van der Waals surface area contributed by atoms with Gasteiger partial charge in [0.1, 0.15) is 0 Å². The molecule has 1 aliphatic carbocycles. The highest BCUT2D eigenvalue weighted by Crippen LogP contribution is 2.26. The molecule has 1 saturated carbocycles. The third-order valence-corrected chi connectivity index (χ3v) is 4.10. The molecule has 0 spiro atoms. The Hall–Kier alpha value is -1.29. The van der Waals surface area contributed by atoms with Gasteiger partial charge in [-0.15, -0.1) is 0 Å². The number of nitrogens with zero attached hydrogens (tertiary/aromatic N) is 1. The monoisotopic (exact) mass is 249 g/mol. The van der Waals surface area contributed by atoms with E-state index in [1.165, 1.54) is 12.1 Å². The first kappa shape index (κ1) is 13.1. The third kappa shape index (κ3) is 2.58. The molecule has 0 bridgehead atoms. The molecule has 1 heterocycles. The molecule has 1 aromatic rings. The summed E-state index contributed by atoms with van der Waals surface area (Å²) in [5, 5.41) is 2.98. The van der Waals surface area contributed by atoms with Gasteiger partial charge < -0.3 is 15.6 Å². The first-order valence-corrected chi connectivity index (χ1v) is 6.71. The van der Waals surface area contributed by atoms with E-state index in [0.29, 0.717) is 6.54 Å². The number of hydrogen-bond acceptors (Lipinski definition) is 2. The van der Waals surface area contributed by atoms with Crippen LogP contribution in [-0.4, -0.2) is 16.0 Å². The van der Waals surface area contributed by atoms with Crippen molar-refractivity contribution in [1.29, 1.82) is 0 Å². The van der Waals surface area contributed by atoms with Crippen molar-refractivity contribution in [2.75, 3.05) is 0 Å². The van der Waals surface area contributed by atoms with Gasteiger partial charge in [-0.2, -0.15) is 0 Å². The number of nitrogens with two attached hydrogens (primary N) is 1. The molecule has 0 atom stereocenters. The SMILES string of the molecule is Cc1ccc(CNC(=O)C2(N)CCCCC2)n1C. The Morgan fingerprint density at radius 3 is 2.61 bits per heavy atom. The molecule has 0 aromatic carbocycles. The van der Waals surface area contributed by atoms with E-state index in [4.69, 9.17) is 5.73 Å². The van der Waals surface area contributed by atoms with E-state index in [-0.39, 0.29) is 5.91 Å². The second-order valence-electron chi connectivity index (χ2n) is 5.42. The van der Waals surface area contributed by atoms with Crippen molar-refractivity contribution in [3.63, 3.8) is 0 Å². The third-order valence-electron chi connectivity index (χ3n) is 4.10. The molecule has 0 radical (unpaired) electrons. The van der Waals surface area contributed by atoms with E-state index in [9.17, 15) is 4.79 Å². The van der Waals surface area contributed by atoms with Crippen LogP contribution in [0, 0.1) is 6.92 Å². The Kier molecular flexibility index (Phi) is 3.76. The summed E-state index contributed by atoms with van der Waals surface area (Å²) in [6, 6.07) is 4.10. The normalized spacial score (nSPS) is 18.6. The van der Waals surface area contributed by atoms with Gasteiger partial charge in [0.2, 0.25) is 5.91 Å². The summed E-state index contributed by atoms with van der Waals surface area (Å²) in [7, 11) is 2.01. The van der Waals surface area contributed by atoms with Crippen LogP contribution in [0.15, 0.2) is 12.1 Å². The fourth-order valence-electron chi connectivity index (χ4n) is 2.60. The molecule has 3 N–H and O–H groups in total. The molecule has 18 heavy (non-hydrogen) atoms. The van der Waals surface area contributed by atoms with Crippen LogP contribution in [0.3, 0.4) is 0 Å². The summed E-state index contributed by atoms with van der Waals surface area (Å²) in [4.78, 5) is 12.2. The van der Waals surface area contributed by atoms with Gasteiger partial charge in [-0.3, -0.25) is 4.79 Å². The van der Waals surface area contributed by atoms with E-state index in [0.717, 1.165) is 31.4 Å². The second-order valence-corrected chi connectivity index (χ2v) is 5.42. The first-order chi connectivity index (χ1) is 8.53. The van der Waals surface area contributed by atoms with Gasteiger partial charge in [0, 0.05) is 18.4 Å². The van der Waals surface area contributed by atoms with Gasteiger partial charge in [0.15, 0.2) is 0 Å². The van der Waals surface area contributed by atoms with Gasteiger partial charge in [0.05, 0.1) is 12.1 Å². The highest BCUT2D eigenvalue weighted by molar-refractivity contribution is 5.86. The Bertz CT molecular complexity index is 430. The van der Waals surface area contributed by atoms with Crippen LogP contribution in [0.1, 0.15) is 43.5 Å². The molecular weight excluding hydrogens is 226 g/mol. The molecule has 0 unspecified atom stereocenters. The summed E-state index contributed by atoms with van der Waals surface area (Å²) in [6.45, 7) is 2.61. The number of amides is 1. The maximum atomic E-state index is 12.2. The van der Waals surface area contributed by atoms with Crippen LogP contribution in [0.25, 0.3) is 0 Å². The summed E-state index contributed by atoms with van der Waals surface area (Å²) >= 11 is 0. The number of nitrogens with one attached hydrogen (secondary N) is 1. The van der Waals surface area contributed by atoms with Crippen molar-refractivity contribution in [3.8, 4) is 0 Å². The van der Waals surface area contributed by atoms with E-state index in [1.807, 2.05) is 13.1 Å². The van der Waals surface area contributed by atoms with Gasteiger partial charge in [0.25, 0.3) is 0 Å². The molecule has 4 nitrogen and oxygen atoms in total. The van der Waals surface area contributed by atoms with Crippen molar-refractivity contribution in [1.82, 2.24) is 9.88 Å². The van der Waals surface area contributed by atoms with Crippen molar-refractivity contribution in [3.05, 3.63) is 23.5 Å². The standard InChI is InChI=1S/C14H23N3O/c1-11-6-7-12(17(11)2)10-16-13(18)14(15)8-4-3-5-9-14/h6-7H,3-5,8-10,15H2,1-2H3,(H,16,18). The molecule has 100 valence electrons. The Morgan fingerprint density at radius 2 is 2.06 bits per heavy atom. The molecule has 2 rings (SSSR count). The average molecular weight is 249 g/mol. The molecule has 1 fully saturated rings. The molecular formula is C14H23N3O. The van der Waals surface area contributed by atoms with E-state index in [2.05, 4.69) is 22.9 Å². The van der Waals surface area contributed by atoms with Crippen LogP contribution in [0.5, 0.6) is 0 Å². The zero-order chi connectivity index (χ0) is 13.2. The maximum Gasteiger partial charge on any atom is 0.240 e. The summed E-state index contributed by atoms with van der Waals surface area (Å²) in [6.07, 6.45) is 4.94. The van der Waals surface area contributed by atoms with Gasteiger partial charge in [-0.1, -0.05) is 19.3 Å². The van der Waals surface area contributed by atoms with E-state index >= 15 is 0 Å². The molecule has 1 aromatic heterocycles.